The van der Waals surface area contributed by atoms with Gasteiger partial charge in [-0.1, -0.05) is 51.4 Å². The van der Waals surface area contributed by atoms with Gasteiger partial charge in [-0.25, -0.2) is 4.98 Å². The van der Waals surface area contributed by atoms with Crippen LogP contribution >= 0.6 is 15.9 Å². The zero-order chi connectivity index (χ0) is 23.3. The molecule has 1 amide bonds. The molecule has 1 N–H and O–H groups in total. The number of para-hydroxylation sites is 1. The maximum Gasteiger partial charge on any atom is 0.241 e. The van der Waals surface area contributed by atoms with Crippen molar-refractivity contribution in [2.75, 3.05) is 13.1 Å². The van der Waals surface area contributed by atoms with Crippen LogP contribution in [0.15, 0.2) is 76.2 Å². The fraction of sp³-hybridized carbons (Fsp3) is 0.280. The summed E-state index contributed by atoms with van der Waals surface area (Å²) >= 11 is 3.47. The standard InChI is InChI=1S/C25H25BrN6O2/c26-21-8-3-6-18(13-21)24-29-23(34-30-24)16-31-11-4-7-20(15-31)25(33)28-14-19-5-1-2-9-22(19)32-12-10-27-17-32/h1-3,5-6,8-10,12-13,17,20H,4,7,11,14-16H2,(H,28,33). The molecule has 3 heterocycles. The molecule has 174 valence electrons. The molecule has 2 aromatic heterocycles. The van der Waals surface area contributed by atoms with E-state index in [1.54, 1.807) is 12.5 Å². The van der Waals surface area contributed by atoms with Crippen molar-refractivity contribution < 1.29 is 9.32 Å². The van der Waals surface area contributed by atoms with Crippen LogP contribution in [0.1, 0.15) is 24.3 Å². The van der Waals surface area contributed by atoms with Gasteiger partial charge in [-0.05, 0) is 43.1 Å². The number of halogens is 1. The number of benzene rings is 2. The summed E-state index contributed by atoms with van der Waals surface area (Å²) < 4.78 is 8.41. The van der Waals surface area contributed by atoms with Crippen molar-refractivity contribution in [2.24, 2.45) is 5.92 Å². The molecule has 1 unspecified atom stereocenters. The monoisotopic (exact) mass is 520 g/mol. The van der Waals surface area contributed by atoms with E-state index in [1.807, 2.05) is 59.3 Å². The molecule has 34 heavy (non-hydrogen) atoms. The summed E-state index contributed by atoms with van der Waals surface area (Å²) in [4.78, 5) is 23.9. The number of aromatic nitrogens is 4. The Morgan fingerprint density at radius 2 is 2.12 bits per heavy atom. The van der Waals surface area contributed by atoms with Crippen LogP contribution in [0.4, 0.5) is 0 Å². The first kappa shape index (κ1) is 22.5. The molecule has 2 aromatic carbocycles. The Kier molecular flexibility index (Phi) is 6.82. The minimum Gasteiger partial charge on any atom is -0.352 e. The Morgan fingerprint density at radius 1 is 1.21 bits per heavy atom. The van der Waals surface area contributed by atoms with Crippen LogP contribution in [-0.2, 0) is 17.9 Å². The second-order valence-corrected chi connectivity index (χ2v) is 9.33. The maximum atomic E-state index is 13.0. The van der Waals surface area contributed by atoms with Crippen molar-refractivity contribution in [3.05, 3.63) is 83.2 Å². The molecule has 0 bridgehead atoms. The van der Waals surface area contributed by atoms with Gasteiger partial charge in [0, 0.05) is 35.5 Å². The predicted molar refractivity (Wildman–Crippen MR) is 131 cm³/mol. The molecule has 1 atom stereocenters. The van der Waals surface area contributed by atoms with Gasteiger partial charge in [-0.3, -0.25) is 9.69 Å². The maximum absolute atomic E-state index is 13.0. The van der Waals surface area contributed by atoms with Gasteiger partial charge < -0.3 is 14.4 Å². The van der Waals surface area contributed by atoms with E-state index in [-0.39, 0.29) is 11.8 Å². The Hall–Kier alpha value is -3.30. The van der Waals surface area contributed by atoms with Crippen molar-refractivity contribution in [2.45, 2.75) is 25.9 Å². The fourth-order valence-corrected chi connectivity index (χ4v) is 4.71. The van der Waals surface area contributed by atoms with Crippen molar-refractivity contribution in [1.82, 2.24) is 29.9 Å². The molecule has 8 nitrogen and oxygen atoms in total. The Bertz CT molecular complexity index is 1260. The first-order valence-corrected chi connectivity index (χ1v) is 12.1. The Labute approximate surface area is 206 Å². The molecular formula is C25H25BrN6O2. The summed E-state index contributed by atoms with van der Waals surface area (Å²) in [7, 11) is 0. The van der Waals surface area contributed by atoms with Gasteiger partial charge in [0.1, 0.15) is 0 Å². The van der Waals surface area contributed by atoms with Gasteiger partial charge in [-0.15, -0.1) is 0 Å². The first-order valence-electron chi connectivity index (χ1n) is 11.3. The first-order chi connectivity index (χ1) is 16.7. The normalized spacial score (nSPS) is 16.4. The fourth-order valence-electron chi connectivity index (χ4n) is 4.31. The number of nitrogens with one attached hydrogen (secondary N) is 1. The number of hydrogen-bond acceptors (Lipinski definition) is 6. The number of likely N-dealkylation sites (tertiary alicyclic amines) is 1. The van der Waals surface area contributed by atoms with Crippen molar-refractivity contribution >= 4 is 21.8 Å². The second-order valence-electron chi connectivity index (χ2n) is 8.41. The van der Waals surface area contributed by atoms with Crippen LogP contribution in [0.25, 0.3) is 17.1 Å². The quantitative estimate of drug-likeness (QED) is 0.392. The highest BCUT2D eigenvalue weighted by molar-refractivity contribution is 9.10. The lowest BCUT2D eigenvalue weighted by atomic mass is 9.97. The Balaban J connectivity index is 1.18. The molecular weight excluding hydrogens is 496 g/mol. The number of amides is 1. The lowest BCUT2D eigenvalue weighted by molar-refractivity contribution is -0.127. The van der Waals surface area contributed by atoms with Crippen LogP contribution in [0.5, 0.6) is 0 Å². The van der Waals surface area contributed by atoms with Gasteiger partial charge in [-0.2, -0.15) is 4.98 Å². The molecule has 1 aliphatic heterocycles. The SMILES string of the molecule is O=C(NCc1ccccc1-n1ccnc1)C1CCCN(Cc2nc(-c3cccc(Br)c3)no2)C1. The summed E-state index contributed by atoms with van der Waals surface area (Å²) in [5.41, 5.74) is 2.96. The number of imidazole rings is 1. The summed E-state index contributed by atoms with van der Waals surface area (Å²) in [6.45, 7) is 2.59. The molecule has 1 saturated heterocycles. The highest BCUT2D eigenvalue weighted by Crippen LogP contribution is 2.23. The van der Waals surface area contributed by atoms with Gasteiger partial charge in [0.05, 0.1) is 24.5 Å². The minimum atomic E-state index is -0.0679. The zero-order valence-corrected chi connectivity index (χ0v) is 20.2. The lowest BCUT2D eigenvalue weighted by Gasteiger charge is -2.30. The van der Waals surface area contributed by atoms with E-state index >= 15 is 0 Å². The molecule has 1 fully saturated rings. The van der Waals surface area contributed by atoms with Crippen LogP contribution in [0.3, 0.4) is 0 Å². The topological polar surface area (TPSA) is 89.1 Å². The van der Waals surface area contributed by atoms with E-state index in [9.17, 15) is 4.79 Å². The lowest BCUT2D eigenvalue weighted by Crippen LogP contribution is -2.42. The Morgan fingerprint density at radius 3 is 2.97 bits per heavy atom. The molecule has 0 spiro atoms. The van der Waals surface area contributed by atoms with Crippen LogP contribution in [0.2, 0.25) is 0 Å². The van der Waals surface area contributed by atoms with E-state index in [0.29, 0.717) is 31.3 Å². The molecule has 0 radical (unpaired) electrons. The van der Waals surface area contributed by atoms with Crippen LogP contribution in [0, 0.1) is 5.92 Å². The van der Waals surface area contributed by atoms with Gasteiger partial charge in [0.25, 0.3) is 0 Å². The molecule has 1 aliphatic rings. The van der Waals surface area contributed by atoms with Crippen molar-refractivity contribution in [1.29, 1.82) is 0 Å². The summed E-state index contributed by atoms with van der Waals surface area (Å²) in [6.07, 6.45) is 7.24. The zero-order valence-electron chi connectivity index (χ0n) is 18.6. The van der Waals surface area contributed by atoms with Crippen molar-refractivity contribution in [3.8, 4) is 17.1 Å². The van der Waals surface area contributed by atoms with Gasteiger partial charge in [0.2, 0.25) is 17.6 Å². The smallest absolute Gasteiger partial charge is 0.241 e. The molecule has 0 aliphatic carbocycles. The molecule has 9 heteroatoms. The number of rotatable bonds is 7. The minimum absolute atomic E-state index is 0.0679. The number of carbonyl (C=O) groups is 1. The predicted octanol–water partition coefficient (Wildman–Crippen LogP) is 4.21. The third-order valence-corrected chi connectivity index (χ3v) is 6.51. The highest BCUT2D eigenvalue weighted by Gasteiger charge is 2.27. The second kappa shape index (κ2) is 10.3. The van der Waals surface area contributed by atoms with Crippen molar-refractivity contribution in [3.63, 3.8) is 0 Å². The molecule has 0 saturated carbocycles. The van der Waals surface area contributed by atoms with Gasteiger partial charge in [0.15, 0.2) is 0 Å². The van der Waals surface area contributed by atoms with E-state index in [2.05, 4.69) is 41.3 Å². The largest absolute Gasteiger partial charge is 0.352 e. The number of piperidine rings is 1. The summed E-state index contributed by atoms with van der Waals surface area (Å²) in [6, 6.07) is 15.8. The summed E-state index contributed by atoms with van der Waals surface area (Å²) in [5, 5.41) is 7.25. The van der Waals surface area contributed by atoms with E-state index in [1.165, 1.54) is 0 Å². The van der Waals surface area contributed by atoms with E-state index in [0.717, 1.165) is 40.7 Å². The third kappa shape index (κ3) is 5.26. The van der Waals surface area contributed by atoms with Crippen LogP contribution in [-0.4, -0.2) is 43.6 Å². The van der Waals surface area contributed by atoms with Gasteiger partial charge >= 0.3 is 0 Å². The number of nitrogens with zero attached hydrogens (tertiary/aromatic N) is 5. The third-order valence-electron chi connectivity index (χ3n) is 6.01. The van der Waals surface area contributed by atoms with Crippen LogP contribution < -0.4 is 5.32 Å². The average molecular weight is 521 g/mol. The molecule has 4 aromatic rings. The highest BCUT2D eigenvalue weighted by atomic mass is 79.9. The average Bonchev–Trinajstić information content (AvgIpc) is 3.56. The number of carbonyl (C=O) groups excluding carboxylic acids is 1. The number of hydrogen-bond donors (Lipinski definition) is 1. The van der Waals surface area contributed by atoms with E-state index in [4.69, 9.17) is 4.52 Å². The summed E-state index contributed by atoms with van der Waals surface area (Å²) in [5.74, 6) is 1.14. The van der Waals surface area contributed by atoms with E-state index < -0.39 is 0 Å². The molecule has 5 rings (SSSR count).